The van der Waals surface area contributed by atoms with Crippen molar-refractivity contribution in [1.29, 1.82) is 0 Å². The minimum Gasteiger partial charge on any atom is -0.496 e. The van der Waals surface area contributed by atoms with Gasteiger partial charge in [-0.05, 0) is 43.0 Å². The van der Waals surface area contributed by atoms with E-state index in [2.05, 4.69) is 43.1 Å². The number of hydrogen-bond donors (Lipinski definition) is 2. The van der Waals surface area contributed by atoms with Gasteiger partial charge in [-0.3, -0.25) is 5.10 Å². The number of H-pyrrole nitrogens is 1. The summed E-state index contributed by atoms with van der Waals surface area (Å²) in [6.45, 7) is 8.36. The van der Waals surface area contributed by atoms with Gasteiger partial charge < -0.3 is 10.5 Å². The molecule has 2 aromatic rings. The molecule has 0 saturated heterocycles. The van der Waals surface area contributed by atoms with Crippen molar-refractivity contribution in [2.24, 2.45) is 0 Å². The van der Waals surface area contributed by atoms with Crippen molar-refractivity contribution in [2.45, 2.75) is 33.6 Å². The lowest BCUT2D eigenvalue weighted by molar-refractivity contribution is 0.407. The van der Waals surface area contributed by atoms with Gasteiger partial charge in [0.25, 0.3) is 0 Å². The van der Waals surface area contributed by atoms with Crippen LogP contribution in [0.4, 0.5) is 5.82 Å². The van der Waals surface area contributed by atoms with Crippen LogP contribution in [-0.4, -0.2) is 17.3 Å². The minimum absolute atomic E-state index is 0.398. The SMILES string of the molecule is COc1cc(C)c(-c2[nH]nc(N)c2C)cc1C(C)C. The topological polar surface area (TPSA) is 63.9 Å². The Kier molecular flexibility index (Phi) is 3.51. The Morgan fingerprint density at radius 3 is 2.42 bits per heavy atom. The largest absolute Gasteiger partial charge is 0.496 e. The number of aromatic nitrogens is 2. The second-order valence-electron chi connectivity index (χ2n) is 5.17. The molecule has 1 aromatic carbocycles. The molecule has 0 bridgehead atoms. The van der Waals surface area contributed by atoms with Crippen molar-refractivity contribution >= 4 is 5.82 Å². The average molecular weight is 259 g/mol. The zero-order valence-electron chi connectivity index (χ0n) is 12.2. The van der Waals surface area contributed by atoms with Gasteiger partial charge in [-0.1, -0.05) is 13.8 Å². The van der Waals surface area contributed by atoms with Gasteiger partial charge in [-0.2, -0.15) is 5.10 Å². The first-order valence-electron chi connectivity index (χ1n) is 6.45. The number of aryl methyl sites for hydroxylation is 1. The summed E-state index contributed by atoms with van der Waals surface area (Å²) in [4.78, 5) is 0. The summed E-state index contributed by atoms with van der Waals surface area (Å²) in [5, 5.41) is 7.09. The van der Waals surface area contributed by atoms with Gasteiger partial charge in [0, 0.05) is 11.1 Å². The van der Waals surface area contributed by atoms with Gasteiger partial charge >= 0.3 is 0 Å². The fourth-order valence-corrected chi connectivity index (χ4v) is 2.27. The Morgan fingerprint density at radius 1 is 1.26 bits per heavy atom. The van der Waals surface area contributed by atoms with Crippen LogP contribution in [0.15, 0.2) is 12.1 Å². The highest BCUT2D eigenvalue weighted by molar-refractivity contribution is 5.72. The third kappa shape index (κ3) is 2.30. The number of aromatic amines is 1. The van der Waals surface area contributed by atoms with E-state index in [4.69, 9.17) is 10.5 Å². The molecule has 4 nitrogen and oxygen atoms in total. The van der Waals surface area contributed by atoms with Gasteiger partial charge in [0.2, 0.25) is 0 Å². The van der Waals surface area contributed by atoms with Crippen molar-refractivity contribution in [2.75, 3.05) is 12.8 Å². The smallest absolute Gasteiger partial charge is 0.148 e. The summed E-state index contributed by atoms with van der Waals surface area (Å²) in [5.41, 5.74) is 11.3. The number of nitrogens with zero attached hydrogens (tertiary/aromatic N) is 1. The lowest BCUT2D eigenvalue weighted by atomic mass is 9.94. The molecule has 0 amide bonds. The zero-order valence-corrected chi connectivity index (χ0v) is 12.2. The molecule has 0 radical (unpaired) electrons. The number of rotatable bonds is 3. The Morgan fingerprint density at radius 2 is 1.95 bits per heavy atom. The maximum atomic E-state index is 5.81. The van der Waals surface area contributed by atoms with Crippen LogP contribution >= 0.6 is 0 Å². The van der Waals surface area contributed by atoms with Crippen LogP contribution in [0.5, 0.6) is 5.75 Å². The normalized spacial score (nSPS) is 11.1. The minimum atomic E-state index is 0.398. The number of benzene rings is 1. The molecule has 0 unspecified atom stereocenters. The molecule has 19 heavy (non-hydrogen) atoms. The molecule has 3 N–H and O–H groups in total. The van der Waals surface area contributed by atoms with Crippen LogP contribution in [0.25, 0.3) is 11.3 Å². The molecule has 0 aliphatic carbocycles. The molecular weight excluding hydrogens is 238 g/mol. The number of anilines is 1. The standard InChI is InChI=1S/C15H21N3O/c1-8(2)11-7-12(9(3)6-13(11)19-5)14-10(4)15(16)18-17-14/h6-8H,1-5H3,(H3,16,17,18). The average Bonchev–Trinajstić information content (AvgIpc) is 2.69. The van der Waals surface area contributed by atoms with Crippen molar-refractivity contribution in [3.63, 3.8) is 0 Å². The molecule has 1 aromatic heterocycles. The summed E-state index contributed by atoms with van der Waals surface area (Å²) >= 11 is 0. The van der Waals surface area contributed by atoms with Crippen LogP contribution in [0.1, 0.15) is 36.5 Å². The number of nitrogen functional groups attached to an aromatic ring is 1. The van der Waals surface area contributed by atoms with Gasteiger partial charge in [-0.25, -0.2) is 0 Å². The Labute approximate surface area is 114 Å². The van der Waals surface area contributed by atoms with Crippen molar-refractivity contribution in [3.05, 3.63) is 28.8 Å². The Hall–Kier alpha value is -1.97. The van der Waals surface area contributed by atoms with Crippen molar-refractivity contribution in [1.82, 2.24) is 10.2 Å². The van der Waals surface area contributed by atoms with Crippen LogP contribution < -0.4 is 10.5 Å². The second-order valence-corrected chi connectivity index (χ2v) is 5.17. The number of ether oxygens (including phenoxy) is 1. The maximum absolute atomic E-state index is 5.81. The molecule has 4 heteroatoms. The molecule has 2 rings (SSSR count). The van der Waals surface area contributed by atoms with E-state index in [0.717, 1.165) is 28.1 Å². The predicted molar refractivity (Wildman–Crippen MR) is 78.6 cm³/mol. The quantitative estimate of drug-likeness (QED) is 0.887. The fraction of sp³-hybridized carbons (Fsp3) is 0.400. The van der Waals surface area contributed by atoms with Gasteiger partial charge in [0.15, 0.2) is 0 Å². The predicted octanol–water partition coefficient (Wildman–Crippen LogP) is 3.41. The van der Waals surface area contributed by atoms with E-state index >= 15 is 0 Å². The second kappa shape index (κ2) is 4.96. The highest BCUT2D eigenvalue weighted by atomic mass is 16.5. The molecule has 102 valence electrons. The third-order valence-corrected chi connectivity index (χ3v) is 3.52. The van der Waals surface area contributed by atoms with E-state index in [-0.39, 0.29) is 0 Å². The Balaban J connectivity index is 2.64. The van der Waals surface area contributed by atoms with E-state index in [9.17, 15) is 0 Å². The van der Waals surface area contributed by atoms with Crippen LogP contribution in [-0.2, 0) is 0 Å². The summed E-state index contributed by atoms with van der Waals surface area (Å²) in [7, 11) is 1.71. The number of nitrogens with one attached hydrogen (secondary N) is 1. The van der Waals surface area contributed by atoms with E-state index in [0.29, 0.717) is 11.7 Å². The monoisotopic (exact) mass is 259 g/mol. The number of methoxy groups -OCH3 is 1. The maximum Gasteiger partial charge on any atom is 0.148 e. The first-order valence-corrected chi connectivity index (χ1v) is 6.45. The van der Waals surface area contributed by atoms with Gasteiger partial charge in [-0.15, -0.1) is 0 Å². The van der Waals surface area contributed by atoms with E-state index < -0.39 is 0 Å². The van der Waals surface area contributed by atoms with Crippen LogP contribution in [0.3, 0.4) is 0 Å². The summed E-state index contributed by atoms with van der Waals surface area (Å²) < 4.78 is 5.46. The molecule has 1 heterocycles. The lowest BCUT2D eigenvalue weighted by Gasteiger charge is -2.16. The molecular formula is C15H21N3O. The van der Waals surface area contributed by atoms with Crippen molar-refractivity contribution < 1.29 is 4.74 Å². The first-order chi connectivity index (χ1) is 8.95. The lowest BCUT2D eigenvalue weighted by Crippen LogP contribution is -1.98. The summed E-state index contributed by atoms with van der Waals surface area (Å²) in [6.07, 6.45) is 0. The molecule has 0 aliphatic heterocycles. The fourth-order valence-electron chi connectivity index (χ4n) is 2.27. The molecule has 0 atom stereocenters. The first kappa shape index (κ1) is 13.5. The van der Waals surface area contributed by atoms with E-state index in [1.54, 1.807) is 7.11 Å². The number of hydrogen-bond acceptors (Lipinski definition) is 3. The summed E-state index contributed by atoms with van der Waals surface area (Å²) in [6, 6.07) is 4.24. The highest BCUT2D eigenvalue weighted by Crippen LogP contribution is 2.35. The number of nitrogens with two attached hydrogens (primary N) is 1. The highest BCUT2D eigenvalue weighted by Gasteiger charge is 2.15. The van der Waals surface area contributed by atoms with Gasteiger partial charge in [0.05, 0.1) is 12.8 Å². The van der Waals surface area contributed by atoms with Gasteiger partial charge in [0.1, 0.15) is 11.6 Å². The van der Waals surface area contributed by atoms with Crippen LogP contribution in [0.2, 0.25) is 0 Å². The molecule has 0 aliphatic rings. The van der Waals surface area contributed by atoms with E-state index in [1.165, 1.54) is 5.56 Å². The third-order valence-electron chi connectivity index (χ3n) is 3.52. The molecule has 0 spiro atoms. The molecule has 0 saturated carbocycles. The van der Waals surface area contributed by atoms with Crippen molar-refractivity contribution in [3.8, 4) is 17.0 Å². The van der Waals surface area contributed by atoms with Crippen LogP contribution in [0, 0.1) is 13.8 Å². The Bertz CT molecular complexity index is 600. The summed E-state index contributed by atoms with van der Waals surface area (Å²) in [5.74, 6) is 1.88. The zero-order chi connectivity index (χ0) is 14.2. The molecule has 0 fully saturated rings. The van der Waals surface area contributed by atoms with E-state index in [1.807, 2.05) is 6.92 Å².